The molecular formula is C31H27O8P. The van der Waals surface area contributed by atoms with Gasteiger partial charge in [-0.25, -0.2) is 14.2 Å². The minimum Gasteiger partial charge on any atom is -0.497 e. The van der Waals surface area contributed by atoms with Crippen LogP contribution in [0.1, 0.15) is 13.8 Å². The molecule has 0 saturated heterocycles. The van der Waals surface area contributed by atoms with Crippen molar-refractivity contribution in [3.05, 3.63) is 109 Å². The summed E-state index contributed by atoms with van der Waals surface area (Å²) in [6, 6.07) is 22.9. The van der Waals surface area contributed by atoms with Crippen LogP contribution in [0.4, 0.5) is 0 Å². The molecule has 0 spiro atoms. The van der Waals surface area contributed by atoms with Crippen LogP contribution in [0.2, 0.25) is 0 Å². The average Bonchev–Trinajstić information content (AvgIpc) is 2.94. The van der Waals surface area contributed by atoms with Crippen molar-refractivity contribution >= 4 is 35.6 Å². The zero-order valence-electron chi connectivity index (χ0n) is 22.2. The summed E-state index contributed by atoms with van der Waals surface area (Å²) >= 11 is 0. The molecule has 4 aromatic rings. The van der Waals surface area contributed by atoms with Gasteiger partial charge in [0.15, 0.2) is 5.75 Å². The maximum absolute atomic E-state index is 14.8. The van der Waals surface area contributed by atoms with Crippen molar-refractivity contribution in [1.82, 2.24) is 0 Å². The fourth-order valence-corrected chi connectivity index (χ4v) is 5.30. The molecule has 0 aliphatic rings. The first kappa shape index (κ1) is 28.2. The highest BCUT2D eigenvalue weighted by Crippen LogP contribution is 2.52. The number of carbonyl (C=O) groups is 2. The number of benzene rings is 4. The van der Waals surface area contributed by atoms with E-state index in [2.05, 4.69) is 13.2 Å². The Hall–Kier alpha value is -4.81. The van der Waals surface area contributed by atoms with Crippen molar-refractivity contribution in [3.8, 4) is 28.7 Å². The lowest BCUT2D eigenvalue weighted by atomic mass is 10.1. The zero-order chi connectivity index (χ0) is 28.9. The van der Waals surface area contributed by atoms with Crippen LogP contribution in [0.15, 0.2) is 109 Å². The molecule has 0 fully saturated rings. The van der Waals surface area contributed by atoms with E-state index in [1.54, 1.807) is 78.9 Å². The third kappa shape index (κ3) is 6.25. The van der Waals surface area contributed by atoms with Gasteiger partial charge in [-0.2, -0.15) is 0 Å². The SMILES string of the molecule is C=C(C)C(=O)Oc1cc(P(=O)(Oc2ccccc2)Oc2ccccc2)c(OC(=O)C(=C)C)c2ccc(OC)cc12. The Kier molecular flexibility index (Phi) is 8.41. The normalized spacial score (nSPS) is 10.9. The quantitative estimate of drug-likeness (QED) is 0.0909. The van der Waals surface area contributed by atoms with Gasteiger partial charge in [-0.3, -0.25) is 0 Å². The van der Waals surface area contributed by atoms with E-state index in [0.29, 0.717) is 11.1 Å². The molecule has 0 amide bonds. The molecule has 40 heavy (non-hydrogen) atoms. The van der Waals surface area contributed by atoms with Crippen molar-refractivity contribution < 1.29 is 37.4 Å². The monoisotopic (exact) mass is 558 g/mol. The number of carbonyl (C=O) groups excluding carboxylic acids is 2. The summed E-state index contributed by atoms with van der Waals surface area (Å²) in [5.74, 6) is -0.699. The second-order valence-electron chi connectivity index (χ2n) is 8.78. The van der Waals surface area contributed by atoms with Crippen molar-refractivity contribution in [2.45, 2.75) is 13.8 Å². The van der Waals surface area contributed by atoms with Gasteiger partial charge in [0.2, 0.25) is 0 Å². The number of fused-ring (bicyclic) bond motifs is 1. The first-order valence-electron chi connectivity index (χ1n) is 12.1. The highest BCUT2D eigenvalue weighted by molar-refractivity contribution is 7.63. The molecule has 4 rings (SSSR count). The Labute approximate surface area is 231 Å². The maximum atomic E-state index is 14.8. The molecule has 0 heterocycles. The molecule has 0 aromatic heterocycles. The number of para-hydroxylation sites is 2. The van der Waals surface area contributed by atoms with Crippen LogP contribution in [-0.2, 0) is 14.2 Å². The van der Waals surface area contributed by atoms with Gasteiger partial charge in [0.25, 0.3) is 0 Å². The van der Waals surface area contributed by atoms with E-state index in [-0.39, 0.29) is 44.8 Å². The summed E-state index contributed by atoms with van der Waals surface area (Å²) in [7, 11) is -2.93. The van der Waals surface area contributed by atoms with E-state index in [0.717, 1.165) is 0 Å². The largest absolute Gasteiger partial charge is 0.497 e. The summed E-state index contributed by atoms with van der Waals surface area (Å²) in [5.41, 5.74) is 0.243. The summed E-state index contributed by atoms with van der Waals surface area (Å²) in [5, 5.41) is 0.469. The van der Waals surface area contributed by atoms with Crippen LogP contribution in [0.3, 0.4) is 0 Å². The number of hydrogen-bond donors (Lipinski definition) is 0. The van der Waals surface area contributed by atoms with Crippen molar-refractivity contribution in [2.24, 2.45) is 0 Å². The third-order valence-electron chi connectivity index (χ3n) is 5.56. The van der Waals surface area contributed by atoms with E-state index in [1.807, 2.05) is 0 Å². The minimum absolute atomic E-state index is 0.000530. The summed E-state index contributed by atoms with van der Waals surface area (Å²) < 4.78 is 43.6. The van der Waals surface area contributed by atoms with Crippen LogP contribution < -0.4 is 28.6 Å². The summed E-state index contributed by atoms with van der Waals surface area (Å²) in [4.78, 5) is 25.4. The molecule has 4 aromatic carbocycles. The summed E-state index contributed by atoms with van der Waals surface area (Å²) in [6.45, 7) is 10.3. The topological polar surface area (TPSA) is 97.4 Å². The lowest BCUT2D eigenvalue weighted by molar-refractivity contribution is -0.131. The highest BCUT2D eigenvalue weighted by Gasteiger charge is 2.38. The predicted molar refractivity (Wildman–Crippen MR) is 153 cm³/mol. The maximum Gasteiger partial charge on any atom is 0.466 e. The Balaban J connectivity index is 2.05. The number of methoxy groups -OCH3 is 1. The second-order valence-corrected chi connectivity index (χ2v) is 10.6. The lowest BCUT2D eigenvalue weighted by Gasteiger charge is -2.24. The predicted octanol–water partition coefficient (Wildman–Crippen LogP) is 6.79. The van der Waals surface area contributed by atoms with Gasteiger partial charge < -0.3 is 23.3 Å². The van der Waals surface area contributed by atoms with Gasteiger partial charge in [-0.1, -0.05) is 49.6 Å². The second kappa shape index (κ2) is 11.9. The van der Waals surface area contributed by atoms with Crippen molar-refractivity contribution in [3.63, 3.8) is 0 Å². The Morgan fingerprint density at radius 1 is 0.675 bits per heavy atom. The van der Waals surface area contributed by atoms with Crippen LogP contribution in [0.25, 0.3) is 10.8 Å². The molecule has 0 aliphatic carbocycles. The molecule has 0 saturated carbocycles. The van der Waals surface area contributed by atoms with Crippen LogP contribution >= 0.6 is 7.60 Å². The van der Waals surface area contributed by atoms with Gasteiger partial charge in [0.05, 0.1) is 7.11 Å². The van der Waals surface area contributed by atoms with Crippen molar-refractivity contribution in [2.75, 3.05) is 7.11 Å². The van der Waals surface area contributed by atoms with Crippen LogP contribution in [0.5, 0.6) is 28.7 Å². The molecule has 0 bridgehead atoms. The Morgan fingerprint density at radius 3 is 1.70 bits per heavy atom. The molecule has 9 heteroatoms. The van der Waals surface area contributed by atoms with Gasteiger partial charge in [0, 0.05) is 28.0 Å². The lowest BCUT2D eigenvalue weighted by Crippen LogP contribution is -2.22. The van der Waals surface area contributed by atoms with E-state index < -0.39 is 19.5 Å². The van der Waals surface area contributed by atoms with Gasteiger partial charge >= 0.3 is 19.5 Å². The molecule has 0 atom stereocenters. The fourth-order valence-electron chi connectivity index (χ4n) is 3.58. The average molecular weight is 559 g/mol. The first-order chi connectivity index (χ1) is 19.1. The third-order valence-corrected chi connectivity index (χ3v) is 7.39. The Bertz CT molecular complexity index is 1600. The fraction of sp³-hybridized carbons (Fsp3) is 0.0968. The number of esters is 2. The number of rotatable bonds is 10. The van der Waals surface area contributed by atoms with Gasteiger partial charge in [-0.15, -0.1) is 0 Å². The number of ether oxygens (including phenoxy) is 3. The standard InChI is InChI=1S/C31H27O8P/c1-20(2)30(32)36-27-19-28(29(37-31(33)21(3)4)25-17-16-24(35-5)18-26(25)27)40(34,38-22-12-8-6-9-13-22)39-23-14-10-7-11-15-23/h6-19H,1,3H2,2,4-5H3. The van der Waals surface area contributed by atoms with Crippen LogP contribution in [-0.4, -0.2) is 19.0 Å². The minimum atomic E-state index is -4.41. The highest BCUT2D eigenvalue weighted by atomic mass is 31.2. The van der Waals surface area contributed by atoms with Gasteiger partial charge in [-0.05, 0) is 56.3 Å². The molecule has 0 aliphatic heterocycles. The Morgan fingerprint density at radius 2 is 1.20 bits per heavy atom. The smallest absolute Gasteiger partial charge is 0.466 e. The summed E-state index contributed by atoms with van der Waals surface area (Å²) in [6.07, 6.45) is 0. The van der Waals surface area contributed by atoms with Crippen LogP contribution in [0, 0.1) is 0 Å². The first-order valence-corrected chi connectivity index (χ1v) is 13.7. The molecule has 204 valence electrons. The molecule has 8 nitrogen and oxygen atoms in total. The molecule has 0 N–H and O–H groups in total. The van der Waals surface area contributed by atoms with E-state index in [4.69, 9.17) is 23.3 Å². The molecule has 0 radical (unpaired) electrons. The van der Waals surface area contributed by atoms with E-state index >= 15 is 0 Å². The van der Waals surface area contributed by atoms with Crippen molar-refractivity contribution in [1.29, 1.82) is 0 Å². The van der Waals surface area contributed by atoms with E-state index in [9.17, 15) is 14.2 Å². The number of hydrogen-bond acceptors (Lipinski definition) is 8. The zero-order valence-corrected chi connectivity index (χ0v) is 23.1. The van der Waals surface area contributed by atoms with E-state index in [1.165, 1.54) is 27.0 Å². The molecular weight excluding hydrogens is 531 g/mol. The molecule has 0 unspecified atom stereocenters. The van der Waals surface area contributed by atoms with Gasteiger partial charge in [0.1, 0.15) is 28.3 Å².